The van der Waals surface area contributed by atoms with Gasteiger partial charge in [0.05, 0.1) is 0 Å². The Bertz CT molecular complexity index is 389. The first-order chi connectivity index (χ1) is 8.72. The van der Waals surface area contributed by atoms with E-state index in [-0.39, 0.29) is 0 Å². The van der Waals surface area contributed by atoms with Gasteiger partial charge in [-0.15, -0.1) is 0 Å². The summed E-state index contributed by atoms with van der Waals surface area (Å²) in [4.78, 5) is 7.19. The zero-order valence-electron chi connectivity index (χ0n) is 11.9. The van der Waals surface area contributed by atoms with E-state index in [1.807, 2.05) is 13.2 Å². The van der Waals surface area contributed by atoms with Gasteiger partial charge in [-0.1, -0.05) is 12.8 Å². The molecule has 0 spiro atoms. The first kappa shape index (κ1) is 13.3. The fourth-order valence-corrected chi connectivity index (χ4v) is 2.82. The molecule has 1 aromatic rings. The molecule has 2 rings (SSSR count). The van der Waals surface area contributed by atoms with Crippen molar-refractivity contribution >= 4 is 5.82 Å². The molecule has 1 aliphatic heterocycles. The van der Waals surface area contributed by atoms with Gasteiger partial charge in [-0.25, -0.2) is 4.98 Å². The van der Waals surface area contributed by atoms with E-state index in [1.54, 1.807) is 0 Å². The van der Waals surface area contributed by atoms with Crippen LogP contribution in [0.5, 0.6) is 0 Å². The third kappa shape index (κ3) is 3.02. The molecule has 0 aliphatic carbocycles. The molecule has 1 atom stereocenters. The van der Waals surface area contributed by atoms with Crippen LogP contribution >= 0.6 is 0 Å². The van der Waals surface area contributed by atoms with Crippen molar-refractivity contribution in [2.24, 2.45) is 0 Å². The molecule has 2 heterocycles. The van der Waals surface area contributed by atoms with Crippen molar-refractivity contribution in [2.45, 2.75) is 52.1 Å². The molecule has 1 aliphatic rings. The molecule has 1 N–H and O–H groups in total. The van der Waals surface area contributed by atoms with Gasteiger partial charge in [0.2, 0.25) is 0 Å². The number of nitrogens with zero attached hydrogens (tertiary/aromatic N) is 2. The van der Waals surface area contributed by atoms with Crippen LogP contribution in [0, 0.1) is 6.92 Å². The van der Waals surface area contributed by atoms with Crippen LogP contribution in [0.1, 0.15) is 43.7 Å². The van der Waals surface area contributed by atoms with Crippen LogP contribution in [0.3, 0.4) is 0 Å². The molecule has 1 unspecified atom stereocenters. The van der Waals surface area contributed by atoms with Crippen LogP contribution in [0.2, 0.25) is 0 Å². The Morgan fingerprint density at radius 3 is 2.94 bits per heavy atom. The zero-order valence-corrected chi connectivity index (χ0v) is 11.9. The lowest BCUT2D eigenvalue weighted by atomic mass is 10.1. The molecule has 0 saturated carbocycles. The fourth-order valence-electron chi connectivity index (χ4n) is 2.82. The summed E-state index contributed by atoms with van der Waals surface area (Å²) >= 11 is 0. The molecule has 1 saturated heterocycles. The predicted molar refractivity (Wildman–Crippen MR) is 77.0 cm³/mol. The Labute approximate surface area is 111 Å². The summed E-state index contributed by atoms with van der Waals surface area (Å²) in [6.07, 6.45) is 7.31. The first-order valence-electron chi connectivity index (χ1n) is 7.09. The largest absolute Gasteiger partial charge is 0.354 e. The molecule has 0 radical (unpaired) electrons. The third-order valence-corrected chi connectivity index (χ3v) is 3.81. The van der Waals surface area contributed by atoms with E-state index < -0.39 is 0 Å². The lowest BCUT2D eigenvalue weighted by Gasteiger charge is -2.29. The van der Waals surface area contributed by atoms with Crippen molar-refractivity contribution in [2.75, 3.05) is 18.5 Å². The van der Waals surface area contributed by atoms with Crippen molar-refractivity contribution < 1.29 is 0 Å². The molecule has 3 nitrogen and oxygen atoms in total. The van der Waals surface area contributed by atoms with Gasteiger partial charge in [0.15, 0.2) is 0 Å². The summed E-state index contributed by atoms with van der Waals surface area (Å²) in [5.41, 5.74) is 2.57. The highest BCUT2D eigenvalue weighted by atomic mass is 15.2. The van der Waals surface area contributed by atoms with Crippen LogP contribution in [0.15, 0.2) is 12.3 Å². The minimum atomic E-state index is 0.619. The topological polar surface area (TPSA) is 28.2 Å². The van der Waals surface area contributed by atoms with E-state index >= 15 is 0 Å². The minimum absolute atomic E-state index is 0.619. The molecule has 1 fully saturated rings. The molecular weight excluding hydrogens is 222 g/mol. The number of hydrogen-bond acceptors (Lipinski definition) is 3. The van der Waals surface area contributed by atoms with E-state index in [0.717, 1.165) is 13.1 Å². The molecule has 100 valence electrons. The van der Waals surface area contributed by atoms with E-state index in [1.165, 1.54) is 42.6 Å². The van der Waals surface area contributed by atoms with Crippen molar-refractivity contribution in [1.29, 1.82) is 0 Å². The SMILES string of the molecule is CNCc1cnc(N2CCCCCC2C)c(C)c1. The molecule has 0 amide bonds. The van der Waals surface area contributed by atoms with Crippen LogP contribution in [-0.4, -0.2) is 24.6 Å². The number of aryl methyl sites for hydroxylation is 1. The number of anilines is 1. The summed E-state index contributed by atoms with van der Waals surface area (Å²) in [5, 5.41) is 3.18. The average molecular weight is 247 g/mol. The van der Waals surface area contributed by atoms with Crippen molar-refractivity contribution in [3.05, 3.63) is 23.4 Å². The van der Waals surface area contributed by atoms with Crippen LogP contribution in [-0.2, 0) is 6.54 Å². The van der Waals surface area contributed by atoms with Gasteiger partial charge >= 0.3 is 0 Å². The van der Waals surface area contributed by atoms with Crippen LogP contribution < -0.4 is 10.2 Å². The lowest BCUT2D eigenvalue weighted by Crippen LogP contribution is -2.33. The zero-order chi connectivity index (χ0) is 13.0. The third-order valence-electron chi connectivity index (χ3n) is 3.81. The summed E-state index contributed by atoms with van der Waals surface area (Å²) in [7, 11) is 1.97. The van der Waals surface area contributed by atoms with E-state index in [9.17, 15) is 0 Å². The second kappa shape index (κ2) is 6.19. The smallest absolute Gasteiger partial charge is 0.131 e. The number of hydrogen-bond donors (Lipinski definition) is 1. The highest BCUT2D eigenvalue weighted by molar-refractivity contribution is 5.48. The first-order valence-corrected chi connectivity index (χ1v) is 7.09. The fraction of sp³-hybridized carbons (Fsp3) is 0.667. The van der Waals surface area contributed by atoms with Gasteiger partial charge in [0, 0.05) is 25.3 Å². The average Bonchev–Trinajstić information content (AvgIpc) is 2.55. The van der Waals surface area contributed by atoms with Gasteiger partial charge in [-0.2, -0.15) is 0 Å². The molecule has 0 bridgehead atoms. The van der Waals surface area contributed by atoms with Gasteiger partial charge in [-0.3, -0.25) is 0 Å². The summed E-state index contributed by atoms with van der Waals surface area (Å²) in [6, 6.07) is 2.88. The van der Waals surface area contributed by atoms with Crippen LogP contribution in [0.4, 0.5) is 5.82 Å². The van der Waals surface area contributed by atoms with Gasteiger partial charge in [0.25, 0.3) is 0 Å². The number of aromatic nitrogens is 1. The Hall–Kier alpha value is -1.09. The van der Waals surface area contributed by atoms with Gasteiger partial charge < -0.3 is 10.2 Å². The highest BCUT2D eigenvalue weighted by Gasteiger charge is 2.19. The minimum Gasteiger partial charge on any atom is -0.354 e. The maximum Gasteiger partial charge on any atom is 0.131 e. The summed E-state index contributed by atoms with van der Waals surface area (Å²) < 4.78 is 0. The maximum absolute atomic E-state index is 4.70. The highest BCUT2D eigenvalue weighted by Crippen LogP contribution is 2.25. The van der Waals surface area contributed by atoms with E-state index in [0.29, 0.717) is 6.04 Å². The summed E-state index contributed by atoms with van der Waals surface area (Å²) in [6.45, 7) is 6.55. The number of nitrogens with one attached hydrogen (secondary N) is 1. The second-order valence-corrected chi connectivity index (χ2v) is 5.41. The van der Waals surface area contributed by atoms with Crippen molar-refractivity contribution in [3.63, 3.8) is 0 Å². The molecule has 1 aromatic heterocycles. The van der Waals surface area contributed by atoms with E-state index in [2.05, 4.69) is 30.1 Å². The predicted octanol–water partition coefficient (Wildman–Crippen LogP) is 2.88. The molecule has 3 heteroatoms. The lowest BCUT2D eigenvalue weighted by molar-refractivity contribution is 0.609. The quantitative estimate of drug-likeness (QED) is 0.890. The van der Waals surface area contributed by atoms with Gasteiger partial charge in [-0.05, 0) is 50.9 Å². The monoisotopic (exact) mass is 247 g/mol. The summed E-state index contributed by atoms with van der Waals surface area (Å²) in [5.74, 6) is 1.18. The second-order valence-electron chi connectivity index (χ2n) is 5.41. The number of pyridine rings is 1. The van der Waals surface area contributed by atoms with E-state index in [4.69, 9.17) is 4.98 Å². The number of rotatable bonds is 3. The molecular formula is C15H25N3. The standard InChI is InChI=1S/C15H25N3/c1-12-9-14(10-16-3)11-17-15(12)18-8-6-4-5-7-13(18)2/h9,11,13,16H,4-8,10H2,1-3H3. The Morgan fingerprint density at radius 1 is 1.39 bits per heavy atom. The normalized spacial score (nSPS) is 20.8. The molecule has 0 aromatic carbocycles. The van der Waals surface area contributed by atoms with Crippen molar-refractivity contribution in [3.8, 4) is 0 Å². The Morgan fingerprint density at radius 2 is 2.22 bits per heavy atom. The van der Waals surface area contributed by atoms with Gasteiger partial charge in [0.1, 0.15) is 5.82 Å². The maximum atomic E-state index is 4.70. The van der Waals surface area contributed by atoms with Crippen LogP contribution in [0.25, 0.3) is 0 Å². The Balaban J connectivity index is 2.20. The van der Waals surface area contributed by atoms with Crippen molar-refractivity contribution in [1.82, 2.24) is 10.3 Å². The molecule has 18 heavy (non-hydrogen) atoms. The Kier molecular flexibility index (Phi) is 4.59.